The summed E-state index contributed by atoms with van der Waals surface area (Å²) < 4.78 is 28.8. The lowest BCUT2D eigenvalue weighted by Gasteiger charge is -2.37. The van der Waals surface area contributed by atoms with E-state index in [0.717, 1.165) is 24.8 Å². The van der Waals surface area contributed by atoms with Crippen LogP contribution in [0.2, 0.25) is 0 Å². The Morgan fingerprint density at radius 1 is 1.05 bits per heavy atom. The zero-order chi connectivity index (χ0) is 15.3. The number of aliphatic hydroxyl groups is 1. The maximum atomic E-state index is 14.6. The van der Waals surface area contributed by atoms with Gasteiger partial charge >= 0.3 is 0 Å². The Morgan fingerprint density at radius 3 is 2.41 bits per heavy atom. The smallest absolute Gasteiger partial charge is 0.143 e. The summed E-state index contributed by atoms with van der Waals surface area (Å²) in [5.41, 5.74) is 0.939. The summed E-state index contributed by atoms with van der Waals surface area (Å²) in [6.45, 7) is 0. The normalized spacial score (nSPS) is 16.7. The lowest BCUT2D eigenvalue weighted by Crippen LogP contribution is -2.33. The number of aromatic amines is 1. The van der Waals surface area contributed by atoms with Crippen molar-refractivity contribution in [2.75, 3.05) is 0 Å². The molecule has 1 saturated carbocycles. The third-order valence-electron chi connectivity index (χ3n) is 4.64. The SMILES string of the molecule is OC1(c2ccc(-c3c(F)cc4[nH]ccc4c3F)cc2)CCC1. The molecule has 1 fully saturated rings. The van der Waals surface area contributed by atoms with Gasteiger partial charge in [0.25, 0.3) is 0 Å². The summed E-state index contributed by atoms with van der Waals surface area (Å²) in [5.74, 6) is -1.16. The highest BCUT2D eigenvalue weighted by atomic mass is 19.1. The summed E-state index contributed by atoms with van der Waals surface area (Å²) >= 11 is 0. The molecule has 1 aliphatic rings. The summed E-state index contributed by atoms with van der Waals surface area (Å²) in [5, 5.41) is 10.7. The Bertz CT molecular complexity index is 847. The number of aromatic nitrogens is 1. The Balaban J connectivity index is 1.81. The lowest BCUT2D eigenvalue weighted by molar-refractivity contribution is -0.0387. The third-order valence-corrected chi connectivity index (χ3v) is 4.64. The van der Waals surface area contributed by atoms with Crippen LogP contribution in [0.4, 0.5) is 8.78 Å². The molecular weight excluding hydrogens is 284 g/mol. The molecule has 2 N–H and O–H groups in total. The van der Waals surface area contributed by atoms with Gasteiger partial charge in [0.2, 0.25) is 0 Å². The molecule has 1 aromatic heterocycles. The number of benzene rings is 2. The van der Waals surface area contributed by atoms with Gasteiger partial charge in [-0.05, 0) is 42.5 Å². The molecule has 2 nitrogen and oxygen atoms in total. The van der Waals surface area contributed by atoms with Gasteiger partial charge in [0.1, 0.15) is 11.6 Å². The van der Waals surface area contributed by atoms with Crippen molar-refractivity contribution in [1.29, 1.82) is 0 Å². The Kier molecular flexibility index (Phi) is 2.84. The van der Waals surface area contributed by atoms with Crippen LogP contribution in [-0.4, -0.2) is 10.1 Å². The molecule has 0 saturated heterocycles. The second kappa shape index (κ2) is 4.65. The van der Waals surface area contributed by atoms with Crippen molar-refractivity contribution in [1.82, 2.24) is 4.98 Å². The summed E-state index contributed by atoms with van der Waals surface area (Å²) in [6, 6.07) is 9.76. The van der Waals surface area contributed by atoms with E-state index in [0.29, 0.717) is 16.5 Å². The van der Waals surface area contributed by atoms with E-state index in [1.54, 1.807) is 36.5 Å². The monoisotopic (exact) mass is 299 g/mol. The quantitative estimate of drug-likeness (QED) is 0.719. The number of fused-ring (bicyclic) bond motifs is 1. The fraction of sp³-hybridized carbons (Fsp3) is 0.222. The van der Waals surface area contributed by atoms with Crippen molar-refractivity contribution in [3.8, 4) is 11.1 Å². The van der Waals surface area contributed by atoms with Crippen LogP contribution in [0.25, 0.3) is 22.0 Å². The number of nitrogens with one attached hydrogen (secondary N) is 1. The van der Waals surface area contributed by atoms with Gasteiger partial charge in [0.15, 0.2) is 0 Å². The molecule has 0 amide bonds. The van der Waals surface area contributed by atoms with Gasteiger partial charge in [0.05, 0.1) is 16.7 Å². The van der Waals surface area contributed by atoms with Crippen molar-refractivity contribution >= 4 is 10.9 Å². The van der Waals surface area contributed by atoms with Crippen LogP contribution in [0, 0.1) is 11.6 Å². The van der Waals surface area contributed by atoms with Crippen molar-refractivity contribution in [2.45, 2.75) is 24.9 Å². The first-order chi connectivity index (χ1) is 10.6. The second-order valence-corrected chi connectivity index (χ2v) is 5.95. The van der Waals surface area contributed by atoms with E-state index in [4.69, 9.17) is 0 Å². The molecule has 2 aromatic carbocycles. The Hall–Kier alpha value is -2.20. The first-order valence-corrected chi connectivity index (χ1v) is 7.37. The first kappa shape index (κ1) is 13.5. The topological polar surface area (TPSA) is 36.0 Å². The predicted molar refractivity (Wildman–Crippen MR) is 81.4 cm³/mol. The van der Waals surface area contributed by atoms with Crippen LogP contribution >= 0.6 is 0 Å². The molecule has 0 spiro atoms. The van der Waals surface area contributed by atoms with Crippen LogP contribution in [-0.2, 0) is 5.60 Å². The molecule has 0 radical (unpaired) electrons. The average molecular weight is 299 g/mol. The molecule has 4 rings (SSSR count). The molecule has 1 aliphatic carbocycles. The maximum Gasteiger partial charge on any atom is 0.143 e. The highest BCUT2D eigenvalue weighted by molar-refractivity contribution is 5.86. The number of hydrogen-bond donors (Lipinski definition) is 2. The molecule has 0 aliphatic heterocycles. The van der Waals surface area contributed by atoms with E-state index in [2.05, 4.69) is 4.98 Å². The molecule has 0 bridgehead atoms. The second-order valence-electron chi connectivity index (χ2n) is 5.95. The minimum Gasteiger partial charge on any atom is -0.385 e. The number of hydrogen-bond acceptors (Lipinski definition) is 1. The summed E-state index contributed by atoms with van der Waals surface area (Å²) in [7, 11) is 0. The predicted octanol–water partition coefficient (Wildman–Crippen LogP) is 4.48. The van der Waals surface area contributed by atoms with Crippen molar-refractivity contribution in [2.24, 2.45) is 0 Å². The van der Waals surface area contributed by atoms with Gasteiger partial charge in [-0.2, -0.15) is 0 Å². The molecule has 3 aromatic rings. The van der Waals surface area contributed by atoms with E-state index in [-0.39, 0.29) is 5.56 Å². The van der Waals surface area contributed by atoms with Crippen LogP contribution in [0.1, 0.15) is 24.8 Å². The zero-order valence-corrected chi connectivity index (χ0v) is 11.9. The minimum atomic E-state index is -0.764. The lowest BCUT2D eigenvalue weighted by atomic mass is 9.75. The highest BCUT2D eigenvalue weighted by Crippen LogP contribution is 2.41. The fourth-order valence-electron chi connectivity index (χ4n) is 3.14. The largest absolute Gasteiger partial charge is 0.385 e. The Labute approximate surface area is 126 Å². The molecule has 4 heteroatoms. The van der Waals surface area contributed by atoms with E-state index < -0.39 is 17.2 Å². The molecular formula is C18H15F2NO. The van der Waals surface area contributed by atoms with E-state index in [1.807, 2.05) is 0 Å². The molecule has 112 valence electrons. The van der Waals surface area contributed by atoms with Crippen LogP contribution in [0.3, 0.4) is 0 Å². The minimum absolute atomic E-state index is 0.0285. The molecule has 1 heterocycles. The van der Waals surface area contributed by atoms with Crippen molar-refractivity contribution in [3.05, 3.63) is 59.8 Å². The fourth-order valence-corrected chi connectivity index (χ4v) is 3.14. The standard InChI is InChI=1S/C18H15F2NO/c19-14-10-15-13(6-9-21-15)17(20)16(14)11-2-4-12(5-3-11)18(22)7-1-8-18/h2-6,9-10,21-22H,1,7-8H2. The van der Waals surface area contributed by atoms with Crippen LogP contribution < -0.4 is 0 Å². The van der Waals surface area contributed by atoms with Crippen molar-refractivity contribution < 1.29 is 13.9 Å². The van der Waals surface area contributed by atoms with E-state index in [1.165, 1.54) is 6.07 Å². The molecule has 0 unspecified atom stereocenters. The van der Waals surface area contributed by atoms with Crippen LogP contribution in [0.15, 0.2) is 42.6 Å². The van der Waals surface area contributed by atoms with E-state index >= 15 is 0 Å². The molecule has 22 heavy (non-hydrogen) atoms. The first-order valence-electron chi connectivity index (χ1n) is 7.37. The van der Waals surface area contributed by atoms with Crippen molar-refractivity contribution in [3.63, 3.8) is 0 Å². The van der Waals surface area contributed by atoms with Gasteiger partial charge in [-0.25, -0.2) is 8.78 Å². The average Bonchev–Trinajstić information content (AvgIpc) is 2.94. The number of H-pyrrole nitrogens is 1. The highest BCUT2D eigenvalue weighted by Gasteiger charge is 2.36. The summed E-state index contributed by atoms with van der Waals surface area (Å²) in [4.78, 5) is 2.81. The van der Waals surface area contributed by atoms with Gasteiger partial charge in [-0.1, -0.05) is 24.3 Å². The molecule has 0 atom stereocenters. The number of rotatable bonds is 2. The van der Waals surface area contributed by atoms with Gasteiger partial charge in [0, 0.05) is 11.6 Å². The third kappa shape index (κ3) is 1.87. The van der Waals surface area contributed by atoms with Gasteiger partial charge in [-0.15, -0.1) is 0 Å². The van der Waals surface area contributed by atoms with Crippen LogP contribution in [0.5, 0.6) is 0 Å². The number of halogens is 2. The zero-order valence-electron chi connectivity index (χ0n) is 11.9. The van der Waals surface area contributed by atoms with Gasteiger partial charge in [-0.3, -0.25) is 0 Å². The van der Waals surface area contributed by atoms with Gasteiger partial charge < -0.3 is 10.1 Å². The Morgan fingerprint density at radius 2 is 1.77 bits per heavy atom. The summed E-state index contributed by atoms with van der Waals surface area (Å²) in [6.07, 6.45) is 4.08. The maximum absolute atomic E-state index is 14.6. The van der Waals surface area contributed by atoms with E-state index in [9.17, 15) is 13.9 Å².